The number of nitrogens with zero attached hydrogens (tertiary/aromatic N) is 1. The minimum absolute atomic E-state index is 0.0901. The molecule has 1 fully saturated rings. The molecule has 0 radical (unpaired) electrons. The quantitative estimate of drug-likeness (QED) is 0.759. The summed E-state index contributed by atoms with van der Waals surface area (Å²) in [6, 6.07) is 7.55. The molecule has 1 atom stereocenters. The van der Waals surface area contributed by atoms with Gasteiger partial charge in [-0.3, -0.25) is 4.79 Å². The van der Waals surface area contributed by atoms with Crippen molar-refractivity contribution in [3.63, 3.8) is 0 Å². The van der Waals surface area contributed by atoms with Crippen molar-refractivity contribution < 1.29 is 4.79 Å². The lowest BCUT2D eigenvalue weighted by molar-refractivity contribution is -0.121. The highest BCUT2D eigenvalue weighted by molar-refractivity contribution is 6.35. The predicted molar refractivity (Wildman–Crippen MR) is 97.1 cm³/mol. The zero-order chi connectivity index (χ0) is 17.6. The lowest BCUT2D eigenvalue weighted by atomic mass is 9.92. The first kappa shape index (κ1) is 19.1. The number of hydrogen-bond acceptors (Lipinski definition) is 3. The summed E-state index contributed by atoms with van der Waals surface area (Å²) in [5.74, 6) is -0.157. The topological polar surface area (TPSA) is 64.9 Å². The van der Waals surface area contributed by atoms with Gasteiger partial charge in [-0.15, -0.1) is 0 Å². The van der Waals surface area contributed by atoms with Crippen LogP contribution in [0.15, 0.2) is 18.2 Å². The SMILES string of the molecule is C[C@H](NCC(=O)NC1(C#N)CCCCCC1)c1ccc(Cl)cc1Cl. The van der Waals surface area contributed by atoms with Gasteiger partial charge >= 0.3 is 0 Å². The smallest absolute Gasteiger partial charge is 0.235 e. The molecule has 2 N–H and O–H groups in total. The van der Waals surface area contributed by atoms with E-state index in [0.717, 1.165) is 44.1 Å². The van der Waals surface area contributed by atoms with Gasteiger partial charge in [-0.05, 0) is 37.5 Å². The molecule has 1 saturated carbocycles. The van der Waals surface area contributed by atoms with Crippen LogP contribution in [0.1, 0.15) is 57.1 Å². The molecule has 0 saturated heterocycles. The van der Waals surface area contributed by atoms with Crippen LogP contribution in [-0.4, -0.2) is 18.0 Å². The van der Waals surface area contributed by atoms with E-state index in [4.69, 9.17) is 23.2 Å². The van der Waals surface area contributed by atoms with Crippen LogP contribution < -0.4 is 10.6 Å². The summed E-state index contributed by atoms with van der Waals surface area (Å²) in [6.07, 6.45) is 5.69. The van der Waals surface area contributed by atoms with Crippen LogP contribution in [0.25, 0.3) is 0 Å². The molecule has 0 bridgehead atoms. The zero-order valence-corrected chi connectivity index (χ0v) is 15.4. The second-order valence-electron chi connectivity index (χ2n) is 6.42. The molecule has 24 heavy (non-hydrogen) atoms. The van der Waals surface area contributed by atoms with E-state index in [1.807, 2.05) is 13.0 Å². The number of rotatable bonds is 5. The Kier molecular flexibility index (Phi) is 6.91. The Hall–Kier alpha value is -1.28. The number of carbonyl (C=O) groups excluding carboxylic acids is 1. The third-order valence-corrected chi connectivity index (χ3v) is 5.11. The second kappa shape index (κ2) is 8.71. The number of nitriles is 1. The molecule has 0 aromatic heterocycles. The second-order valence-corrected chi connectivity index (χ2v) is 7.27. The van der Waals surface area contributed by atoms with Gasteiger partial charge in [-0.1, -0.05) is 55.0 Å². The van der Waals surface area contributed by atoms with Crippen molar-refractivity contribution in [2.24, 2.45) is 0 Å². The normalized spacial score (nSPS) is 18.2. The minimum Gasteiger partial charge on any atom is -0.337 e. The number of nitrogens with one attached hydrogen (secondary N) is 2. The lowest BCUT2D eigenvalue weighted by Gasteiger charge is -2.27. The van der Waals surface area contributed by atoms with Crippen molar-refractivity contribution in [1.29, 1.82) is 5.26 Å². The monoisotopic (exact) mass is 367 g/mol. The predicted octanol–water partition coefficient (Wildman–Crippen LogP) is 4.38. The van der Waals surface area contributed by atoms with Gasteiger partial charge in [0.2, 0.25) is 5.91 Å². The van der Waals surface area contributed by atoms with Crippen LogP contribution in [0.5, 0.6) is 0 Å². The van der Waals surface area contributed by atoms with Crippen LogP contribution in [0.3, 0.4) is 0 Å². The summed E-state index contributed by atoms with van der Waals surface area (Å²) in [4.78, 5) is 12.3. The third-order valence-electron chi connectivity index (χ3n) is 4.55. The molecule has 1 aliphatic carbocycles. The van der Waals surface area contributed by atoms with Gasteiger partial charge in [-0.2, -0.15) is 5.26 Å². The van der Waals surface area contributed by atoms with Crippen molar-refractivity contribution in [2.75, 3.05) is 6.54 Å². The molecule has 1 aliphatic rings. The fourth-order valence-corrected chi connectivity index (χ4v) is 3.69. The molecule has 1 aromatic rings. The van der Waals surface area contributed by atoms with E-state index in [1.165, 1.54) is 0 Å². The van der Waals surface area contributed by atoms with Crippen LogP contribution in [0, 0.1) is 11.3 Å². The van der Waals surface area contributed by atoms with E-state index in [9.17, 15) is 10.1 Å². The molecule has 1 amide bonds. The summed E-state index contributed by atoms with van der Waals surface area (Å²) < 4.78 is 0. The van der Waals surface area contributed by atoms with Crippen molar-refractivity contribution >= 4 is 29.1 Å². The molecule has 4 nitrogen and oxygen atoms in total. The molecule has 0 heterocycles. The number of benzene rings is 1. The summed E-state index contributed by atoms with van der Waals surface area (Å²) >= 11 is 12.1. The molecule has 0 unspecified atom stereocenters. The van der Waals surface area contributed by atoms with Gasteiger partial charge in [0.05, 0.1) is 12.6 Å². The first-order valence-corrected chi connectivity index (χ1v) is 9.12. The summed E-state index contributed by atoms with van der Waals surface area (Å²) in [5.41, 5.74) is 0.175. The van der Waals surface area contributed by atoms with E-state index < -0.39 is 5.54 Å². The van der Waals surface area contributed by atoms with Crippen molar-refractivity contribution in [3.05, 3.63) is 33.8 Å². The molecule has 1 aromatic carbocycles. The van der Waals surface area contributed by atoms with Gasteiger partial charge in [0, 0.05) is 16.1 Å². The van der Waals surface area contributed by atoms with Gasteiger partial charge in [0.15, 0.2) is 0 Å². The summed E-state index contributed by atoms with van der Waals surface area (Å²) in [5, 5.41) is 16.8. The van der Waals surface area contributed by atoms with Gasteiger partial charge in [0.1, 0.15) is 5.54 Å². The summed E-state index contributed by atoms with van der Waals surface area (Å²) in [6.45, 7) is 2.08. The average Bonchev–Trinajstić information content (AvgIpc) is 2.79. The van der Waals surface area contributed by atoms with E-state index in [-0.39, 0.29) is 18.5 Å². The Morgan fingerprint density at radius 2 is 1.96 bits per heavy atom. The number of halogens is 2. The Bertz CT molecular complexity index is 619. The van der Waals surface area contributed by atoms with E-state index in [1.54, 1.807) is 12.1 Å². The van der Waals surface area contributed by atoms with Crippen molar-refractivity contribution in [1.82, 2.24) is 10.6 Å². The molecular formula is C18H23Cl2N3O. The van der Waals surface area contributed by atoms with Crippen LogP contribution >= 0.6 is 23.2 Å². The van der Waals surface area contributed by atoms with Crippen LogP contribution in [-0.2, 0) is 4.79 Å². The van der Waals surface area contributed by atoms with E-state index in [2.05, 4.69) is 16.7 Å². The molecule has 0 aliphatic heterocycles. The maximum atomic E-state index is 12.3. The van der Waals surface area contributed by atoms with Gasteiger partial charge in [-0.25, -0.2) is 0 Å². The highest BCUT2D eigenvalue weighted by atomic mass is 35.5. The van der Waals surface area contributed by atoms with Crippen LogP contribution in [0.2, 0.25) is 10.0 Å². The van der Waals surface area contributed by atoms with E-state index in [0.29, 0.717) is 10.0 Å². The third kappa shape index (κ3) is 5.11. The standard InChI is InChI=1S/C18H23Cl2N3O/c1-13(15-7-6-14(19)10-16(15)20)22-11-17(24)23-18(12-21)8-4-2-3-5-9-18/h6-7,10,13,22H,2-5,8-9,11H2,1H3,(H,23,24)/t13-/m0/s1. The lowest BCUT2D eigenvalue weighted by Crippen LogP contribution is -2.50. The van der Waals surface area contributed by atoms with E-state index >= 15 is 0 Å². The Morgan fingerprint density at radius 1 is 1.29 bits per heavy atom. The largest absolute Gasteiger partial charge is 0.337 e. The maximum Gasteiger partial charge on any atom is 0.235 e. The first-order valence-electron chi connectivity index (χ1n) is 8.36. The van der Waals surface area contributed by atoms with Crippen molar-refractivity contribution in [2.45, 2.75) is 57.0 Å². The number of amides is 1. The molecule has 0 spiro atoms. The highest BCUT2D eigenvalue weighted by Gasteiger charge is 2.32. The molecule has 2 rings (SSSR count). The van der Waals surface area contributed by atoms with Crippen LogP contribution in [0.4, 0.5) is 0 Å². The average molecular weight is 368 g/mol. The Balaban J connectivity index is 1.91. The maximum absolute atomic E-state index is 12.3. The minimum atomic E-state index is -0.712. The molecular weight excluding hydrogens is 345 g/mol. The Morgan fingerprint density at radius 3 is 2.54 bits per heavy atom. The number of carbonyl (C=O) groups is 1. The Labute approximate surface area is 153 Å². The highest BCUT2D eigenvalue weighted by Crippen LogP contribution is 2.27. The first-order chi connectivity index (χ1) is 11.5. The summed E-state index contributed by atoms with van der Waals surface area (Å²) in [7, 11) is 0. The fourth-order valence-electron chi connectivity index (χ4n) is 3.12. The molecule has 130 valence electrons. The van der Waals surface area contributed by atoms with Gasteiger partial charge in [0.25, 0.3) is 0 Å². The van der Waals surface area contributed by atoms with Gasteiger partial charge < -0.3 is 10.6 Å². The zero-order valence-electron chi connectivity index (χ0n) is 13.9. The van der Waals surface area contributed by atoms with Crippen molar-refractivity contribution in [3.8, 4) is 6.07 Å². The fraction of sp³-hybridized carbons (Fsp3) is 0.556. The molecule has 6 heteroatoms. The number of hydrogen-bond donors (Lipinski definition) is 2.